The Labute approximate surface area is 155 Å². The molecule has 0 aliphatic carbocycles. The summed E-state index contributed by atoms with van der Waals surface area (Å²) in [6.07, 6.45) is 2.49. The lowest BCUT2D eigenvalue weighted by atomic mass is 10.1. The molecule has 5 heteroatoms. The average molecular weight is 357 g/mol. The van der Waals surface area contributed by atoms with Crippen LogP contribution in [0.4, 0.5) is 0 Å². The van der Waals surface area contributed by atoms with Crippen molar-refractivity contribution >= 4 is 0 Å². The standard InChI is InChI=1S/C21H27NO4/c1-24-20-8-4-3-6-17(20)14-22(15-18-7-5-11-26-18)13-16-9-10-19(23)21(12-16)25-2/h3-4,6,8-10,12,18,23H,5,7,11,13-15H2,1-2H3. The summed E-state index contributed by atoms with van der Waals surface area (Å²) < 4.78 is 16.6. The van der Waals surface area contributed by atoms with Crippen molar-refractivity contribution in [3.05, 3.63) is 53.6 Å². The summed E-state index contributed by atoms with van der Waals surface area (Å²) >= 11 is 0. The second kappa shape index (κ2) is 8.92. The number of rotatable bonds is 8. The van der Waals surface area contributed by atoms with Crippen LogP contribution in [0.25, 0.3) is 0 Å². The molecule has 140 valence electrons. The number of benzene rings is 2. The maximum Gasteiger partial charge on any atom is 0.160 e. The molecule has 1 unspecified atom stereocenters. The highest BCUT2D eigenvalue weighted by molar-refractivity contribution is 5.41. The van der Waals surface area contributed by atoms with E-state index in [1.54, 1.807) is 20.3 Å². The number of nitrogens with zero attached hydrogens (tertiary/aromatic N) is 1. The quantitative estimate of drug-likeness (QED) is 0.782. The lowest BCUT2D eigenvalue weighted by molar-refractivity contribution is 0.0676. The Morgan fingerprint density at radius 3 is 2.62 bits per heavy atom. The van der Waals surface area contributed by atoms with Gasteiger partial charge in [-0.15, -0.1) is 0 Å². The molecule has 1 aliphatic rings. The smallest absolute Gasteiger partial charge is 0.160 e. The van der Waals surface area contributed by atoms with Gasteiger partial charge in [-0.05, 0) is 36.6 Å². The van der Waals surface area contributed by atoms with E-state index in [0.29, 0.717) is 5.75 Å². The molecule has 1 atom stereocenters. The number of aromatic hydroxyl groups is 1. The molecule has 1 N–H and O–H groups in total. The summed E-state index contributed by atoms with van der Waals surface area (Å²) in [5.41, 5.74) is 2.24. The Hall–Kier alpha value is -2.24. The SMILES string of the molecule is COc1cc(CN(Cc2ccccc2OC)CC2CCCO2)ccc1O. The number of ether oxygens (including phenoxy) is 3. The topological polar surface area (TPSA) is 51.2 Å². The zero-order valence-corrected chi connectivity index (χ0v) is 15.5. The minimum absolute atomic E-state index is 0.159. The molecule has 0 amide bonds. The van der Waals surface area contributed by atoms with Crippen molar-refractivity contribution in [2.45, 2.75) is 32.0 Å². The van der Waals surface area contributed by atoms with E-state index in [1.807, 2.05) is 30.3 Å². The van der Waals surface area contributed by atoms with E-state index in [9.17, 15) is 5.11 Å². The number of phenols is 1. The number of methoxy groups -OCH3 is 2. The molecule has 26 heavy (non-hydrogen) atoms. The lowest BCUT2D eigenvalue weighted by Crippen LogP contribution is -2.31. The van der Waals surface area contributed by atoms with Gasteiger partial charge >= 0.3 is 0 Å². The van der Waals surface area contributed by atoms with Gasteiger partial charge in [0.2, 0.25) is 0 Å². The normalized spacial score (nSPS) is 16.8. The van der Waals surface area contributed by atoms with Crippen LogP contribution in [-0.2, 0) is 17.8 Å². The molecule has 0 saturated carbocycles. The fourth-order valence-electron chi connectivity index (χ4n) is 3.41. The van der Waals surface area contributed by atoms with E-state index in [0.717, 1.165) is 56.0 Å². The Morgan fingerprint density at radius 1 is 1.08 bits per heavy atom. The highest BCUT2D eigenvalue weighted by Crippen LogP contribution is 2.28. The fraction of sp³-hybridized carbons (Fsp3) is 0.429. The van der Waals surface area contributed by atoms with Crippen LogP contribution in [0.3, 0.4) is 0 Å². The second-order valence-corrected chi connectivity index (χ2v) is 6.62. The molecule has 1 fully saturated rings. The molecule has 1 aliphatic heterocycles. The first-order chi connectivity index (χ1) is 12.7. The highest BCUT2D eigenvalue weighted by Gasteiger charge is 2.20. The van der Waals surface area contributed by atoms with E-state index in [1.165, 1.54) is 0 Å². The van der Waals surface area contributed by atoms with Gasteiger partial charge in [0.05, 0.1) is 20.3 Å². The Kier molecular flexibility index (Phi) is 6.36. The van der Waals surface area contributed by atoms with Crippen LogP contribution in [0, 0.1) is 0 Å². The molecule has 2 aromatic carbocycles. The van der Waals surface area contributed by atoms with Crippen molar-refractivity contribution in [2.24, 2.45) is 0 Å². The monoisotopic (exact) mass is 357 g/mol. The van der Waals surface area contributed by atoms with Gasteiger partial charge in [-0.2, -0.15) is 0 Å². The first-order valence-electron chi connectivity index (χ1n) is 9.01. The van der Waals surface area contributed by atoms with E-state index < -0.39 is 0 Å². The van der Waals surface area contributed by atoms with E-state index in [4.69, 9.17) is 14.2 Å². The molecular weight excluding hydrogens is 330 g/mol. The Morgan fingerprint density at radius 2 is 1.88 bits per heavy atom. The first-order valence-corrected chi connectivity index (χ1v) is 9.01. The number of hydrogen-bond acceptors (Lipinski definition) is 5. The summed E-state index contributed by atoms with van der Waals surface area (Å²) in [4.78, 5) is 2.36. The lowest BCUT2D eigenvalue weighted by Gasteiger charge is -2.26. The number of para-hydroxylation sites is 1. The van der Waals surface area contributed by atoms with Crippen molar-refractivity contribution in [1.82, 2.24) is 4.90 Å². The summed E-state index contributed by atoms with van der Waals surface area (Å²) in [5.74, 6) is 1.55. The summed E-state index contributed by atoms with van der Waals surface area (Å²) in [5, 5.41) is 9.83. The maximum atomic E-state index is 9.83. The summed E-state index contributed by atoms with van der Waals surface area (Å²) in [6.45, 7) is 3.23. The Balaban J connectivity index is 1.78. The third-order valence-electron chi connectivity index (χ3n) is 4.72. The Bertz CT molecular complexity index is 713. The molecule has 0 bridgehead atoms. The van der Waals surface area contributed by atoms with E-state index >= 15 is 0 Å². The van der Waals surface area contributed by atoms with Gasteiger partial charge in [0.25, 0.3) is 0 Å². The van der Waals surface area contributed by atoms with Crippen LogP contribution in [0.15, 0.2) is 42.5 Å². The van der Waals surface area contributed by atoms with Gasteiger partial charge < -0.3 is 19.3 Å². The molecule has 0 radical (unpaired) electrons. The predicted octanol–water partition coefficient (Wildman–Crippen LogP) is 3.59. The second-order valence-electron chi connectivity index (χ2n) is 6.62. The largest absolute Gasteiger partial charge is 0.504 e. The number of phenolic OH excluding ortho intramolecular Hbond substituents is 1. The van der Waals surface area contributed by atoms with Gasteiger partial charge in [-0.25, -0.2) is 0 Å². The molecule has 2 aromatic rings. The molecule has 3 rings (SSSR count). The molecule has 1 saturated heterocycles. The highest BCUT2D eigenvalue weighted by atomic mass is 16.5. The molecule has 1 heterocycles. The van der Waals surface area contributed by atoms with Crippen LogP contribution in [0.1, 0.15) is 24.0 Å². The zero-order chi connectivity index (χ0) is 18.4. The van der Waals surface area contributed by atoms with Gasteiger partial charge in [0, 0.05) is 31.8 Å². The van der Waals surface area contributed by atoms with Gasteiger partial charge in [-0.1, -0.05) is 24.3 Å². The zero-order valence-electron chi connectivity index (χ0n) is 15.5. The predicted molar refractivity (Wildman–Crippen MR) is 101 cm³/mol. The molecule has 0 spiro atoms. The van der Waals surface area contributed by atoms with E-state index in [2.05, 4.69) is 11.0 Å². The third kappa shape index (κ3) is 4.68. The molecular formula is C21H27NO4. The van der Waals surface area contributed by atoms with Crippen LogP contribution >= 0.6 is 0 Å². The van der Waals surface area contributed by atoms with Crippen molar-refractivity contribution < 1.29 is 19.3 Å². The van der Waals surface area contributed by atoms with Gasteiger partial charge in [0.1, 0.15) is 5.75 Å². The fourth-order valence-corrected chi connectivity index (χ4v) is 3.41. The number of hydrogen-bond donors (Lipinski definition) is 1. The van der Waals surface area contributed by atoms with Crippen molar-refractivity contribution in [1.29, 1.82) is 0 Å². The maximum absolute atomic E-state index is 9.83. The van der Waals surface area contributed by atoms with Crippen LogP contribution in [0.5, 0.6) is 17.2 Å². The van der Waals surface area contributed by atoms with Gasteiger partial charge in [0.15, 0.2) is 11.5 Å². The summed E-state index contributed by atoms with van der Waals surface area (Å²) in [6, 6.07) is 13.6. The summed E-state index contributed by atoms with van der Waals surface area (Å²) in [7, 11) is 3.27. The molecule has 5 nitrogen and oxygen atoms in total. The minimum atomic E-state index is 0.159. The van der Waals surface area contributed by atoms with Crippen molar-refractivity contribution in [3.63, 3.8) is 0 Å². The van der Waals surface area contributed by atoms with Gasteiger partial charge in [-0.3, -0.25) is 4.90 Å². The van der Waals surface area contributed by atoms with Crippen LogP contribution in [0.2, 0.25) is 0 Å². The molecule has 0 aromatic heterocycles. The van der Waals surface area contributed by atoms with Crippen LogP contribution in [-0.4, -0.2) is 43.5 Å². The average Bonchev–Trinajstić information content (AvgIpc) is 3.16. The van der Waals surface area contributed by atoms with Crippen molar-refractivity contribution in [3.8, 4) is 17.2 Å². The minimum Gasteiger partial charge on any atom is -0.504 e. The first kappa shape index (κ1) is 18.5. The van der Waals surface area contributed by atoms with Crippen LogP contribution < -0.4 is 9.47 Å². The third-order valence-corrected chi connectivity index (χ3v) is 4.72. The van der Waals surface area contributed by atoms with E-state index in [-0.39, 0.29) is 11.9 Å². The van der Waals surface area contributed by atoms with Crippen molar-refractivity contribution in [2.75, 3.05) is 27.4 Å².